The zero-order valence-electron chi connectivity index (χ0n) is 16.8. The van der Waals surface area contributed by atoms with E-state index in [0.717, 1.165) is 25.7 Å². The third-order valence-electron chi connectivity index (χ3n) is 4.45. The second-order valence-electron chi connectivity index (χ2n) is 7.11. The van der Waals surface area contributed by atoms with Crippen LogP contribution >= 0.6 is 7.75 Å². The van der Waals surface area contributed by atoms with Gasteiger partial charge in [0.25, 0.3) is 0 Å². The highest BCUT2D eigenvalue weighted by Gasteiger charge is 2.21. The molecule has 6 heteroatoms. The lowest BCUT2D eigenvalue weighted by molar-refractivity contribution is -0.125. The highest BCUT2D eigenvalue weighted by Crippen LogP contribution is 2.33. The molecule has 0 saturated carbocycles. The number of unbranched alkanes of at least 4 members (excludes halogenated alkanes) is 11. The normalized spacial score (nSPS) is 15.2. The van der Waals surface area contributed by atoms with Crippen LogP contribution in [0.3, 0.4) is 0 Å². The second-order valence-corrected chi connectivity index (χ2v) is 8.45. The number of hydrogen-bond acceptors (Lipinski definition) is 3. The summed E-state index contributed by atoms with van der Waals surface area (Å²) in [7, 11) is -4.08. The Morgan fingerprint density at radius 2 is 1.42 bits per heavy atom. The predicted octanol–water partition coefficient (Wildman–Crippen LogP) is 6.06. The standard InChI is InChI=1S/C20H40NO4P/c1-3-4-5-6-7-8-9-10-11-12-13-14-15-16-17-18-20(22)19(2)25-26(21,23)24/h10-11,19H,3-9,12-18H2,1-2H3,(H3,21,23,24)/b11-10-. The molecule has 0 aliphatic heterocycles. The van der Waals surface area contributed by atoms with E-state index in [-0.39, 0.29) is 5.78 Å². The fraction of sp³-hybridized carbons (Fsp3) is 0.850. The maximum Gasteiger partial charge on any atom is 0.400 e. The minimum Gasteiger partial charge on any atom is -0.313 e. The molecule has 0 heterocycles. The fourth-order valence-electron chi connectivity index (χ4n) is 2.86. The third kappa shape index (κ3) is 18.3. The van der Waals surface area contributed by atoms with Crippen molar-refractivity contribution in [3.8, 4) is 0 Å². The molecule has 0 radical (unpaired) electrons. The quantitative estimate of drug-likeness (QED) is 0.169. The lowest BCUT2D eigenvalue weighted by Gasteiger charge is -2.13. The van der Waals surface area contributed by atoms with Gasteiger partial charge in [-0.1, -0.05) is 70.4 Å². The van der Waals surface area contributed by atoms with Gasteiger partial charge in [0.15, 0.2) is 5.78 Å². The van der Waals surface area contributed by atoms with Crippen molar-refractivity contribution in [2.24, 2.45) is 5.50 Å². The summed E-state index contributed by atoms with van der Waals surface area (Å²) in [5, 5.41) is 0. The summed E-state index contributed by atoms with van der Waals surface area (Å²) in [6.07, 6.45) is 19.8. The van der Waals surface area contributed by atoms with E-state index in [1.54, 1.807) is 0 Å². The summed E-state index contributed by atoms with van der Waals surface area (Å²) in [5.74, 6) is -0.164. The molecular formula is C20H40NO4P. The second kappa shape index (κ2) is 16.7. The number of hydrogen-bond donors (Lipinski definition) is 2. The summed E-state index contributed by atoms with van der Waals surface area (Å²) < 4.78 is 15.5. The summed E-state index contributed by atoms with van der Waals surface area (Å²) in [5.41, 5.74) is 4.89. The van der Waals surface area contributed by atoms with Gasteiger partial charge in [0.1, 0.15) is 6.10 Å². The summed E-state index contributed by atoms with van der Waals surface area (Å²) in [6.45, 7) is 3.72. The summed E-state index contributed by atoms with van der Waals surface area (Å²) in [4.78, 5) is 20.6. The molecule has 0 aromatic carbocycles. The minimum absolute atomic E-state index is 0.164. The predicted molar refractivity (Wildman–Crippen MR) is 109 cm³/mol. The van der Waals surface area contributed by atoms with Gasteiger partial charge in [0.05, 0.1) is 0 Å². The molecule has 0 bridgehead atoms. The third-order valence-corrected chi connectivity index (χ3v) is 5.07. The van der Waals surface area contributed by atoms with E-state index >= 15 is 0 Å². The van der Waals surface area contributed by atoms with Crippen LogP contribution in [0, 0.1) is 0 Å². The van der Waals surface area contributed by atoms with Crippen molar-refractivity contribution in [2.45, 2.75) is 110 Å². The number of ketones is 1. The maximum absolute atomic E-state index is 11.7. The molecule has 0 aliphatic rings. The van der Waals surface area contributed by atoms with E-state index in [1.165, 1.54) is 64.7 Å². The van der Waals surface area contributed by atoms with Crippen LogP contribution in [-0.4, -0.2) is 16.8 Å². The minimum atomic E-state index is -4.08. The topological polar surface area (TPSA) is 89.6 Å². The molecule has 154 valence electrons. The molecule has 0 spiro atoms. The fourth-order valence-corrected chi connectivity index (χ4v) is 3.43. The molecule has 0 fully saturated rings. The largest absolute Gasteiger partial charge is 0.400 e. The van der Waals surface area contributed by atoms with Crippen molar-refractivity contribution in [3.63, 3.8) is 0 Å². The molecule has 0 amide bonds. The first-order valence-corrected chi connectivity index (χ1v) is 12.0. The molecule has 2 unspecified atom stereocenters. The molecule has 5 nitrogen and oxygen atoms in total. The van der Waals surface area contributed by atoms with Gasteiger partial charge in [-0.3, -0.25) is 9.32 Å². The smallest absolute Gasteiger partial charge is 0.313 e. The van der Waals surface area contributed by atoms with Gasteiger partial charge in [-0.15, -0.1) is 0 Å². The van der Waals surface area contributed by atoms with E-state index in [0.29, 0.717) is 6.42 Å². The number of carbonyl (C=O) groups excluding carboxylic acids is 1. The lowest BCUT2D eigenvalue weighted by atomic mass is 10.1. The van der Waals surface area contributed by atoms with Gasteiger partial charge in [-0.2, -0.15) is 0 Å². The van der Waals surface area contributed by atoms with Gasteiger partial charge in [0.2, 0.25) is 0 Å². The first kappa shape index (κ1) is 25.5. The van der Waals surface area contributed by atoms with E-state index in [9.17, 15) is 9.36 Å². The van der Waals surface area contributed by atoms with Crippen LogP contribution in [0.5, 0.6) is 0 Å². The molecule has 0 rings (SSSR count). The maximum atomic E-state index is 11.7. The number of Topliss-reactive ketones (excluding diaryl/α,β-unsaturated/α-hetero) is 1. The highest BCUT2D eigenvalue weighted by molar-refractivity contribution is 7.50. The Morgan fingerprint density at radius 3 is 1.92 bits per heavy atom. The Balaban J connectivity index is 3.39. The van der Waals surface area contributed by atoms with E-state index in [2.05, 4.69) is 23.6 Å². The van der Waals surface area contributed by atoms with Gasteiger partial charge in [-0.05, 0) is 39.0 Å². The van der Waals surface area contributed by atoms with Crippen molar-refractivity contribution in [2.75, 3.05) is 0 Å². The van der Waals surface area contributed by atoms with Crippen molar-refractivity contribution >= 4 is 13.5 Å². The Labute approximate surface area is 160 Å². The Kier molecular flexibility index (Phi) is 16.4. The molecule has 0 saturated heterocycles. The molecule has 3 N–H and O–H groups in total. The summed E-state index contributed by atoms with van der Waals surface area (Å²) in [6, 6.07) is 0. The molecule has 26 heavy (non-hydrogen) atoms. The zero-order valence-corrected chi connectivity index (χ0v) is 17.7. The van der Waals surface area contributed by atoms with Crippen molar-refractivity contribution in [1.82, 2.24) is 0 Å². The average molecular weight is 390 g/mol. The monoisotopic (exact) mass is 389 g/mol. The van der Waals surface area contributed by atoms with E-state index < -0.39 is 13.9 Å². The van der Waals surface area contributed by atoms with Gasteiger partial charge in [-0.25, -0.2) is 10.1 Å². The Morgan fingerprint density at radius 1 is 0.962 bits per heavy atom. The van der Waals surface area contributed by atoms with E-state index in [1.807, 2.05) is 0 Å². The van der Waals surface area contributed by atoms with Crippen LogP contribution in [0.2, 0.25) is 0 Å². The molecular weight excluding hydrogens is 349 g/mol. The molecule has 0 aromatic rings. The van der Waals surface area contributed by atoms with Crippen molar-refractivity contribution < 1.29 is 18.8 Å². The van der Waals surface area contributed by atoms with Crippen LogP contribution < -0.4 is 5.50 Å². The van der Waals surface area contributed by atoms with Crippen LogP contribution in [0.25, 0.3) is 0 Å². The van der Waals surface area contributed by atoms with Gasteiger partial charge in [0, 0.05) is 6.42 Å². The number of nitrogens with two attached hydrogens (primary N) is 1. The van der Waals surface area contributed by atoms with Crippen LogP contribution in [0.4, 0.5) is 0 Å². The number of carbonyl (C=O) groups is 1. The SMILES string of the molecule is CCCCCCCC/C=C\CCCCCCCC(=O)C(C)OP(N)(=O)O. The van der Waals surface area contributed by atoms with Gasteiger partial charge >= 0.3 is 7.75 Å². The van der Waals surface area contributed by atoms with Crippen LogP contribution in [0.15, 0.2) is 12.2 Å². The molecule has 0 aromatic heterocycles. The number of rotatable bonds is 18. The van der Waals surface area contributed by atoms with Crippen molar-refractivity contribution in [3.05, 3.63) is 12.2 Å². The zero-order chi connectivity index (χ0) is 19.7. The average Bonchev–Trinajstić information content (AvgIpc) is 2.56. The Hall–Kier alpha value is -0.480. The first-order valence-electron chi connectivity index (χ1n) is 10.3. The lowest BCUT2D eigenvalue weighted by Crippen LogP contribution is -2.20. The summed E-state index contributed by atoms with van der Waals surface area (Å²) >= 11 is 0. The van der Waals surface area contributed by atoms with Crippen molar-refractivity contribution in [1.29, 1.82) is 0 Å². The highest BCUT2D eigenvalue weighted by atomic mass is 31.2. The van der Waals surface area contributed by atoms with Crippen LogP contribution in [0.1, 0.15) is 104 Å². The van der Waals surface area contributed by atoms with Gasteiger partial charge < -0.3 is 4.89 Å². The first-order chi connectivity index (χ1) is 12.4. The number of allylic oxidation sites excluding steroid dienone is 2. The molecule has 2 atom stereocenters. The van der Waals surface area contributed by atoms with E-state index in [4.69, 9.17) is 10.4 Å². The molecule has 0 aliphatic carbocycles. The van der Waals surface area contributed by atoms with Crippen LogP contribution in [-0.2, 0) is 13.9 Å². The Bertz CT molecular complexity index is 420.